The van der Waals surface area contributed by atoms with E-state index in [0.29, 0.717) is 51.8 Å². The van der Waals surface area contributed by atoms with E-state index in [1.807, 2.05) is 25.1 Å². The average Bonchev–Trinajstić information content (AvgIpc) is 2.66. The van der Waals surface area contributed by atoms with Crippen LogP contribution >= 0.6 is 15.9 Å². The van der Waals surface area contributed by atoms with Crippen LogP contribution in [-0.4, -0.2) is 40.2 Å². The number of fused-ring (bicyclic) bond motifs is 1. The molecular weight excluding hydrogens is 412 g/mol. The molecule has 7 heteroatoms. The largest absolute Gasteiger partial charge is 0.496 e. The van der Waals surface area contributed by atoms with Gasteiger partial charge in [0.05, 0.1) is 23.0 Å². The molecule has 1 aliphatic heterocycles. The zero-order valence-electron chi connectivity index (χ0n) is 15.4. The quantitative estimate of drug-likeness (QED) is 0.440. The Morgan fingerprint density at radius 3 is 2.44 bits per heavy atom. The highest BCUT2D eigenvalue weighted by atomic mass is 79.9. The molecule has 0 spiro atoms. The summed E-state index contributed by atoms with van der Waals surface area (Å²) in [6.07, 6.45) is 1.70. The molecule has 0 unspecified atom stereocenters. The fourth-order valence-electron chi connectivity index (χ4n) is 2.82. The third-order valence-electron chi connectivity index (χ3n) is 4.17. The molecule has 0 saturated carbocycles. The number of anilines is 2. The van der Waals surface area contributed by atoms with E-state index < -0.39 is 0 Å². The maximum atomic E-state index is 12.8. The van der Waals surface area contributed by atoms with Gasteiger partial charge in [-0.25, -0.2) is 0 Å². The molecule has 0 aromatic heterocycles. The Hall–Kier alpha value is -2.67. The maximum absolute atomic E-state index is 12.8. The number of ether oxygens (including phenoxy) is 3. The normalized spacial score (nSPS) is 13.3. The Morgan fingerprint density at radius 1 is 1.19 bits per heavy atom. The lowest BCUT2D eigenvalue weighted by Gasteiger charge is -2.20. The SMILES string of the molecule is COc1cc2c(cc1/C=C(/Br)C(=O)c1ccc(N(C)C)c(N)c1)OCCO2. The van der Waals surface area contributed by atoms with Crippen LogP contribution in [0.1, 0.15) is 15.9 Å². The smallest absolute Gasteiger partial charge is 0.200 e. The highest BCUT2D eigenvalue weighted by molar-refractivity contribution is 9.12. The van der Waals surface area contributed by atoms with Crippen LogP contribution in [0.25, 0.3) is 6.08 Å². The number of hydrogen-bond donors (Lipinski definition) is 1. The van der Waals surface area contributed by atoms with Gasteiger partial charge >= 0.3 is 0 Å². The molecule has 142 valence electrons. The molecule has 2 aromatic carbocycles. The number of ketones is 1. The van der Waals surface area contributed by atoms with Crippen LogP contribution < -0.4 is 24.8 Å². The first-order chi connectivity index (χ1) is 12.9. The zero-order chi connectivity index (χ0) is 19.6. The molecule has 0 radical (unpaired) electrons. The molecule has 0 atom stereocenters. The number of halogens is 1. The first-order valence-electron chi connectivity index (χ1n) is 8.37. The van der Waals surface area contributed by atoms with Gasteiger partial charge in [-0.3, -0.25) is 4.79 Å². The van der Waals surface area contributed by atoms with Gasteiger partial charge in [0.2, 0.25) is 0 Å². The lowest BCUT2D eigenvalue weighted by Crippen LogP contribution is -2.15. The minimum atomic E-state index is -0.177. The molecule has 1 aliphatic rings. The summed E-state index contributed by atoms with van der Waals surface area (Å²) in [7, 11) is 5.37. The van der Waals surface area contributed by atoms with Crippen molar-refractivity contribution < 1.29 is 19.0 Å². The van der Waals surface area contributed by atoms with Crippen LogP contribution in [0.2, 0.25) is 0 Å². The summed E-state index contributed by atoms with van der Waals surface area (Å²) in [6.45, 7) is 0.984. The van der Waals surface area contributed by atoms with E-state index in [4.69, 9.17) is 19.9 Å². The summed E-state index contributed by atoms with van der Waals surface area (Å²) in [5.41, 5.74) is 8.67. The summed E-state index contributed by atoms with van der Waals surface area (Å²) in [4.78, 5) is 14.7. The molecule has 2 aromatic rings. The number of Topliss-reactive ketones (excluding diaryl/α,β-unsaturated/α-hetero) is 1. The standard InChI is InChI=1S/C20H21BrN2O4/c1-23(2)16-5-4-12(9-15(16)22)20(24)14(21)8-13-10-18-19(11-17(13)25-3)27-7-6-26-18/h4-5,8-11H,6-7,22H2,1-3H3/b14-8+. The van der Waals surface area contributed by atoms with Crippen LogP contribution in [0.15, 0.2) is 34.8 Å². The zero-order valence-corrected chi connectivity index (χ0v) is 17.0. The Kier molecular flexibility index (Phi) is 5.60. The van der Waals surface area contributed by atoms with Gasteiger partial charge in [0.25, 0.3) is 0 Å². The van der Waals surface area contributed by atoms with Gasteiger partial charge < -0.3 is 24.8 Å². The Morgan fingerprint density at radius 2 is 1.85 bits per heavy atom. The molecular formula is C20H21BrN2O4. The van der Waals surface area contributed by atoms with E-state index in [-0.39, 0.29) is 5.78 Å². The van der Waals surface area contributed by atoms with Crippen LogP contribution in [0, 0.1) is 0 Å². The second-order valence-corrected chi connectivity index (χ2v) is 7.08. The number of benzene rings is 2. The summed E-state index contributed by atoms with van der Waals surface area (Å²) in [6, 6.07) is 8.81. The van der Waals surface area contributed by atoms with Crippen molar-refractivity contribution in [2.45, 2.75) is 0 Å². The predicted molar refractivity (Wildman–Crippen MR) is 110 cm³/mol. The van der Waals surface area contributed by atoms with Gasteiger partial charge in [-0.05, 0) is 46.3 Å². The van der Waals surface area contributed by atoms with Crippen LogP contribution in [-0.2, 0) is 0 Å². The minimum absolute atomic E-state index is 0.177. The van der Waals surface area contributed by atoms with Crippen LogP contribution in [0.5, 0.6) is 17.2 Å². The van der Waals surface area contributed by atoms with Gasteiger partial charge in [-0.15, -0.1) is 0 Å². The fourth-order valence-corrected chi connectivity index (χ4v) is 3.29. The van der Waals surface area contributed by atoms with Gasteiger partial charge in [0.15, 0.2) is 17.3 Å². The van der Waals surface area contributed by atoms with Gasteiger partial charge in [0.1, 0.15) is 19.0 Å². The summed E-state index contributed by atoms with van der Waals surface area (Å²) < 4.78 is 17.0. The topological polar surface area (TPSA) is 74.0 Å². The van der Waals surface area contributed by atoms with Gasteiger partial charge in [-0.1, -0.05) is 0 Å². The molecule has 0 fully saturated rings. The van der Waals surface area contributed by atoms with Crippen molar-refractivity contribution in [2.75, 3.05) is 45.1 Å². The van der Waals surface area contributed by atoms with Crippen LogP contribution in [0.4, 0.5) is 11.4 Å². The van der Waals surface area contributed by atoms with Crippen molar-refractivity contribution in [3.63, 3.8) is 0 Å². The molecule has 27 heavy (non-hydrogen) atoms. The number of nitrogen functional groups attached to an aromatic ring is 1. The predicted octanol–water partition coefficient (Wildman–Crippen LogP) is 3.73. The van der Waals surface area contributed by atoms with Gasteiger partial charge in [0, 0.05) is 31.3 Å². The van der Waals surface area contributed by atoms with Crippen LogP contribution in [0.3, 0.4) is 0 Å². The maximum Gasteiger partial charge on any atom is 0.200 e. The molecule has 0 saturated heterocycles. The summed E-state index contributed by atoms with van der Waals surface area (Å²) in [5.74, 6) is 1.67. The Bertz CT molecular complexity index is 909. The van der Waals surface area contributed by atoms with Crippen molar-refractivity contribution in [1.82, 2.24) is 0 Å². The van der Waals surface area contributed by atoms with Crippen molar-refractivity contribution >= 4 is 39.2 Å². The third kappa shape index (κ3) is 4.03. The Balaban J connectivity index is 1.93. The van der Waals surface area contributed by atoms with E-state index in [0.717, 1.165) is 5.69 Å². The highest BCUT2D eigenvalue weighted by Gasteiger charge is 2.18. The number of methoxy groups -OCH3 is 1. The average molecular weight is 433 g/mol. The van der Waals surface area contributed by atoms with E-state index in [9.17, 15) is 4.79 Å². The number of carbonyl (C=O) groups excluding carboxylic acids is 1. The van der Waals surface area contributed by atoms with Gasteiger partial charge in [-0.2, -0.15) is 0 Å². The first-order valence-corrected chi connectivity index (χ1v) is 9.16. The van der Waals surface area contributed by atoms with Crippen molar-refractivity contribution in [2.24, 2.45) is 0 Å². The molecule has 1 heterocycles. The first kappa shape index (κ1) is 19.1. The number of nitrogens with two attached hydrogens (primary N) is 1. The minimum Gasteiger partial charge on any atom is -0.496 e. The number of rotatable bonds is 5. The molecule has 0 aliphatic carbocycles. The third-order valence-corrected chi connectivity index (χ3v) is 4.75. The van der Waals surface area contributed by atoms with E-state index in [1.54, 1.807) is 37.5 Å². The highest BCUT2D eigenvalue weighted by Crippen LogP contribution is 2.38. The summed E-state index contributed by atoms with van der Waals surface area (Å²) >= 11 is 3.38. The van der Waals surface area contributed by atoms with Crippen molar-refractivity contribution in [3.05, 3.63) is 45.9 Å². The molecule has 6 nitrogen and oxygen atoms in total. The second kappa shape index (κ2) is 7.92. The van der Waals surface area contributed by atoms with E-state index in [2.05, 4.69) is 15.9 Å². The lowest BCUT2D eigenvalue weighted by atomic mass is 10.1. The van der Waals surface area contributed by atoms with E-state index >= 15 is 0 Å². The molecule has 3 rings (SSSR count). The molecule has 0 amide bonds. The fraction of sp³-hybridized carbons (Fsp3) is 0.250. The van der Waals surface area contributed by atoms with E-state index in [1.165, 1.54) is 0 Å². The number of nitrogens with zero attached hydrogens (tertiary/aromatic N) is 1. The number of allylic oxidation sites excluding steroid dienone is 1. The molecule has 0 bridgehead atoms. The lowest BCUT2D eigenvalue weighted by molar-refractivity contribution is 0.104. The number of carbonyl (C=O) groups is 1. The second-order valence-electron chi connectivity index (χ2n) is 6.23. The summed E-state index contributed by atoms with van der Waals surface area (Å²) in [5, 5.41) is 0. The van der Waals surface area contributed by atoms with Crippen molar-refractivity contribution in [1.29, 1.82) is 0 Å². The molecule has 2 N–H and O–H groups in total. The number of hydrogen-bond acceptors (Lipinski definition) is 6. The van der Waals surface area contributed by atoms with Crippen molar-refractivity contribution in [3.8, 4) is 17.2 Å². The Labute approximate surface area is 166 Å². The monoisotopic (exact) mass is 432 g/mol.